The third-order valence-corrected chi connectivity index (χ3v) is 4.62. The number of thioether (sulfide) groups is 1. The lowest BCUT2D eigenvalue weighted by Gasteiger charge is -2.17. The standard InChI is InChI=1S/C19H21N3O3S/c1-12-10-13(2)21-19(20-12)26-11-16(23)25-17(14-6-4-3-5-7-14)18(24)22-15-8-9-15/h3-7,10,15,17H,8-9,11H2,1-2H3,(H,22,24)/t17-/m0/s1. The van der Waals surface area contributed by atoms with Crippen LogP contribution in [0.2, 0.25) is 0 Å². The maximum absolute atomic E-state index is 12.5. The Balaban J connectivity index is 1.63. The second kappa shape index (κ2) is 8.31. The van der Waals surface area contributed by atoms with E-state index in [-0.39, 0.29) is 17.7 Å². The summed E-state index contributed by atoms with van der Waals surface area (Å²) in [4.78, 5) is 33.4. The van der Waals surface area contributed by atoms with Gasteiger partial charge in [0, 0.05) is 23.0 Å². The largest absolute Gasteiger partial charge is 0.447 e. The van der Waals surface area contributed by atoms with E-state index in [4.69, 9.17) is 4.74 Å². The molecule has 1 aromatic heterocycles. The molecule has 0 unspecified atom stereocenters. The van der Waals surface area contributed by atoms with E-state index in [1.165, 1.54) is 11.8 Å². The van der Waals surface area contributed by atoms with Crippen LogP contribution in [0.5, 0.6) is 0 Å². The van der Waals surface area contributed by atoms with E-state index in [1.807, 2.05) is 38.1 Å². The highest BCUT2D eigenvalue weighted by molar-refractivity contribution is 7.99. The van der Waals surface area contributed by atoms with Crippen LogP contribution in [-0.2, 0) is 14.3 Å². The minimum atomic E-state index is -0.940. The summed E-state index contributed by atoms with van der Waals surface area (Å²) >= 11 is 1.20. The summed E-state index contributed by atoms with van der Waals surface area (Å²) in [5.74, 6) is -0.708. The first-order valence-corrected chi connectivity index (χ1v) is 9.50. The van der Waals surface area contributed by atoms with Crippen molar-refractivity contribution in [3.8, 4) is 0 Å². The van der Waals surface area contributed by atoms with Crippen LogP contribution in [0.4, 0.5) is 0 Å². The fraction of sp³-hybridized carbons (Fsp3) is 0.368. The van der Waals surface area contributed by atoms with Gasteiger partial charge in [-0.2, -0.15) is 0 Å². The summed E-state index contributed by atoms with van der Waals surface area (Å²) < 4.78 is 5.48. The zero-order valence-corrected chi connectivity index (χ0v) is 15.6. The van der Waals surface area contributed by atoms with Gasteiger partial charge < -0.3 is 10.1 Å². The van der Waals surface area contributed by atoms with Gasteiger partial charge in [-0.3, -0.25) is 9.59 Å². The molecule has 3 rings (SSSR count). The molecule has 1 aliphatic rings. The average molecular weight is 371 g/mol. The number of aromatic nitrogens is 2. The van der Waals surface area contributed by atoms with Gasteiger partial charge in [-0.1, -0.05) is 42.1 Å². The molecule has 1 amide bonds. The van der Waals surface area contributed by atoms with E-state index in [2.05, 4.69) is 15.3 Å². The number of benzene rings is 1. The van der Waals surface area contributed by atoms with Gasteiger partial charge in [0.2, 0.25) is 6.10 Å². The van der Waals surface area contributed by atoms with Gasteiger partial charge in [0.25, 0.3) is 5.91 Å². The Morgan fingerprint density at radius 2 is 1.85 bits per heavy atom. The summed E-state index contributed by atoms with van der Waals surface area (Å²) in [6.45, 7) is 3.76. The summed E-state index contributed by atoms with van der Waals surface area (Å²) in [6, 6.07) is 11.1. The molecule has 1 heterocycles. The Labute approximate surface area is 156 Å². The molecule has 0 bridgehead atoms. The van der Waals surface area contributed by atoms with Crippen molar-refractivity contribution in [1.82, 2.24) is 15.3 Å². The van der Waals surface area contributed by atoms with E-state index in [0.29, 0.717) is 10.7 Å². The second-order valence-electron chi connectivity index (χ2n) is 6.29. The monoisotopic (exact) mass is 371 g/mol. The van der Waals surface area contributed by atoms with E-state index >= 15 is 0 Å². The van der Waals surface area contributed by atoms with Crippen LogP contribution in [0, 0.1) is 13.8 Å². The molecule has 1 aromatic carbocycles. The number of rotatable bonds is 7. The fourth-order valence-corrected chi connectivity index (χ4v) is 3.18. The van der Waals surface area contributed by atoms with Crippen molar-refractivity contribution in [2.24, 2.45) is 0 Å². The van der Waals surface area contributed by atoms with Crippen LogP contribution in [-0.4, -0.2) is 33.6 Å². The van der Waals surface area contributed by atoms with E-state index in [9.17, 15) is 9.59 Å². The maximum Gasteiger partial charge on any atom is 0.317 e. The fourth-order valence-electron chi connectivity index (χ4n) is 2.45. The third-order valence-electron chi connectivity index (χ3n) is 3.79. The molecule has 0 saturated heterocycles. The van der Waals surface area contributed by atoms with Crippen LogP contribution in [0.1, 0.15) is 35.9 Å². The number of ether oxygens (including phenoxy) is 1. The van der Waals surface area contributed by atoms with Gasteiger partial charge in [0.05, 0.1) is 5.75 Å². The Hall–Kier alpha value is -2.41. The number of nitrogens with one attached hydrogen (secondary N) is 1. The minimum Gasteiger partial charge on any atom is -0.447 e. The number of carbonyl (C=O) groups excluding carboxylic acids is 2. The van der Waals surface area contributed by atoms with E-state index in [0.717, 1.165) is 24.2 Å². The summed E-state index contributed by atoms with van der Waals surface area (Å²) in [6.07, 6.45) is 1.01. The molecule has 136 valence electrons. The Morgan fingerprint density at radius 1 is 1.19 bits per heavy atom. The number of amides is 1. The van der Waals surface area contributed by atoms with Crippen LogP contribution in [0.15, 0.2) is 41.6 Å². The zero-order chi connectivity index (χ0) is 18.5. The molecular weight excluding hydrogens is 350 g/mol. The first-order chi connectivity index (χ1) is 12.5. The molecule has 1 fully saturated rings. The lowest BCUT2D eigenvalue weighted by Crippen LogP contribution is -2.33. The number of esters is 1. The normalized spacial score (nSPS) is 14.5. The average Bonchev–Trinajstić information content (AvgIpc) is 3.41. The van der Waals surface area contributed by atoms with Crippen molar-refractivity contribution in [1.29, 1.82) is 0 Å². The van der Waals surface area contributed by atoms with Crippen LogP contribution in [0.25, 0.3) is 0 Å². The zero-order valence-electron chi connectivity index (χ0n) is 14.8. The molecule has 26 heavy (non-hydrogen) atoms. The molecular formula is C19H21N3O3S. The maximum atomic E-state index is 12.5. The van der Waals surface area contributed by atoms with Crippen LogP contribution in [0.3, 0.4) is 0 Å². The number of nitrogens with zero attached hydrogens (tertiary/aromatic N) is 2. The highest BCUT2D eigenvalue weighted by Crippen LogP contribution is 2.24. The van der Waals surface area contributed by atoms with E-state index < -0.39 is 12.1 Å². The molecule has 1 aliphatic carbocycles. The van der Waals surface area contributed by atoms with Crippen LogP contribution < -0.4 is 5.32 Å². The van der Waals surface area contributed by atoms with Crippen molar-refractivity contribution in [2.75, 3.05) is 5.75 Å². The molecule has 7 heteroatoms. The SMILES string of the molecule is Cc1cc(C)nc(SCC(=O)O[C@H](C(=O)NC2CC2)c2ccccc2)n1. The topological polar surface area (TPSA) is 81.2 Å². The lowest BCUT2D eigenvalue weighted by atomic mass is 10.1. The predicted molar refractivity (Wildman–Crippen MR) is 98.7 cm³/mol. The molecule has 1 atom stereocenters. The Bertz CT molecular complexity index is 774. The van der Waals surface area contributed by atoms with Crippen molar-refractivity contribution < 1.29 is 14.3 Å². The molecule has 6 nitrogen and oxygen atoms in total. The second-order valence-corrected chi connectivity index (χ2v) is 7.23. The van der Waals surface area contributed by atoms with Crippen molar-refractivity contribution >= 4 is 23.6 Å². The molecule has 0 spiro atoms. The van der Waals surface area contributed by atoms with Crippen molar-refractivity contribution in [3.05, 3.63) is 53.3 Å². The lowest BCUT2D eigenvalue weighted by molar-refractivity contribution is -0.154. The minimum absolute atomic E-state index is 0.0446. The number of hydrogen-bond acceptors (Lipinski definition) is 6. The Kier molecular flexibility index (Phi) is 5.88. The van der Waals surface area contributed by atoms with Gasteiger partial charge in [0.15, 0.2) is 5.16 Å². The number of hydrogen-bond donors (Lipinski definition) is 1. The predicted octanol–water partition coefficient (Wildman–Crippen LogP) is 2.75. The van der Waals surface area contributed by atoms with Gasteiger partial charge in [0.1, 0.15) is 0 Å². The highest BCUT2D eigenvalue weighted by Gasteiger charge is 2.30. The summed E-state index contributed by atoms with van der Waals surface area (Å²) in [5, 5.41) is 3.42. The quantitative estimate of drug-likeness (QED) is 0.458. The third kappa shape index (κ3) is 5.29. The summed E-state index contributed by atoms with van der Waals surface area (Å²) in [5.41, 5.74) is 2.35. The van der Waals surface area contributed by atoms with Crippen molar-refractivity contribution in [2.45, 2.75) is 44.0 Å². The summed E-state index contributed by atoms with van der Waals surface area (Å²) in [7, 11) is 0. The first kappa shape index (κ1) is 18.4. The molecule has 1 saturated carbocycles. The smallest absolute Gasteiger partial charge is 0.317 e. The molecule has 0 aliphatic heterocycles. The van der Waals surface area contributed by atoms with Gasteiger partial charge in [-0.15, -0.1) is 0 Å². The van der Waals surface area contributed by atoms with Gasteiger partial charge in [-0.25, -0.2) is 9.97 Å². The number of carbonyl (C=O) groups is 2. The number of aryl methyl sites for hydroxylation is 2. The van der Waals surface area contributed by atoms with Gasteiger partial charge >= 0.3 is 5.97 Å². The van der Waals surface area contributed by atoms with Gasteiger partial charge in [-0.05, 0) is 32.8 Å². The molecule has 0 radical (unpaired) electrons. The van der Waals surface area contributed by atoms with Crippen LogP contribution >= 0.6 is 11.8 Å². The molecule has 2 aromatic rings. The van der Waals surface area contributed by atoms with E-state index in [1.54, 1.807) is 12.1 Å². The molecule has 1 N–H and O–H groups in total. The first-order valence-electron chi connectivity index (χ1n) is 8.51. The highest BCUT2D eigenvalue weighted by atomic mass is 32.2. The Morgan fingerprint density at radius 3 is 2.46 bits per heavy atom. The van der Waals surface area contributed by atoms with Crippen molar-refractivity contribution in [3.63, 3.8) is 0 Å².